The minimum Gasteiger partial charge on any atom is -0.462 e. The van der Waals surface area contributed by atoms with Gasteiger partial charge >= 0.3 is 11.9 Å². The Morgan fingerprint density at radius 1 is 0.371 bits per heavy atom. The Labute approximate surface area is 383 Å². The normalized spacial score (nSPS) is 13.1. The number of unbranched alkanes of at least 4 members (excludes halogenated alkanes) is 16. The van der Waals surface area contributed by atoms with Crippen molar-refractivity contribution in [2.45, 2.75) is 219 Å². The van der Waals surface area contributed by atoms with Gasteiger partial charge in [-0.15, -0.1) is 0 Å². The largest absolute Gasteiger partial charge is 0.462 e. The third-order valence-corrected chi connectivity index (χ3v) is 10.3. The van der Waals surface area contributed by atoms with Gasteiger partial charge in [0.05, 0.1) is 6.61 Å². The van der Waals surface area contributed by atoms with Gasteiger partial charge in [0.2, 0.25) is 0 Å². The number of carbonyl (C=O) groups excluding carboxylic acids is 2. The Balaban J connectivity index is 4.43. The predicted octanol–water partition coefficient (Wildman–Crippen LogP) is 17.2. The molecule has 0 saturated carbocycles. The van der Waals surface area contributed by atoms with Crippen molar-refractivity contribution in [1.29, 1.82) is 0 Å². The summed E-state index contributed by atoms with van der Waals surface area (Å²) in [6.45, 7) is 7.46. The predicted molar refractivity (Wildman–Crippen MR) is 269 cm³/mol. The Morgan fingerprint density at radius 3 is 1.16 bits per heavy atom. The van der Waals surface area contributed by atoms with E-state index in [1.54, 1.807) is 0 Å². The summed E-state index contributed by atoms with van der Waals surface area (Å²) < 4.78 is 17.3. The molecule has 0 aliphatic heterocycles. The van der Waals surface area contributed by atoms with Gasteiger partial charge in [-0.2, -0.15) is 0 Å². The zero-order valence-electron chi connectivity index (χ0n) is 40.3. The molecule has 0 radical (unpaired) electrons. The highest BCUT2D eigenvalue weighted by Crippen LogP contribution is 2.14. The molecular formula is C57H94O5. The summed E-state index contributed by atoms with van der Waals surface area (Å²) in [5.41, 5.74) is 0. The SMILES string of the molecule is CC/C=C\C/C=C\C/C=C\C/C=C\C/C=C\CCCC(=O)OCC(COCCCCCCCCCCCCCCCCCC)OC(=O)CC/C=C\C/C=C\C/C=C\C/C=C\CC. The van der Waals surface area contributed by atoms with E-state index in [0.717, 1.165) is 83.5 Å². The number of allylic oxidation sites excluding steroid dienone is 18. The van der Waals surface area contributed by atoms with Crippen molar-refractivity contribution in [2.24, 2.45) is 0 Å². The summed E-state index contributed by atoms with van der Waals surface area (Å²) in [5.74, 6) is -0.561. The minimum absolute atomic E-state index is 0.0230. The van der Waals surface area contributed by atoms with Crippen molar-refractivity contribution < 1.29 is 23.8 Å². The van der Waals surface area contributed by atoms with Crippen LogP contribution in [0.4, 0.5) is 0 Å². The van der Waals surface area contributed by atoms with Gasteiger partial charge in [0, 0.05) is 19.4 Å². The van der Waals surface area contributed by atoms with E-state index in [4.69, 9.17) is 14.2 Å². The van der Waals surface area contributed by atoms with Gasteiger partial charge in [0.15, 0.2) is 6.10 Å². The lowest BCUT2D eigenvalue weighted by molar-refractivity contribution is -0.162. The van der Waals surface area contributed by atoms with Crippen molar-refractivity contribution in [2.75, 3.05) is 19.8 Å². The van der Waals surface area contributed by atoms with Crippen LogP contribution in [0.5, 0.6) is 0 Å². The molecule has 0 aromatic carbocycles. The first-order chi connectivity index (χ1) is 30.6. The van der Waals surface area contributed by atoms with E-state index >= 15 is 0 Å². The number of esters is 2. The van der Waals surface area contributed by atoms with E-state index in [2.05, 4.69) is 124 Å². The van der Waals surface area contributed by atoms with E-state index in [0.29, 0.717) is 19.4 Å². The first-order valence-electron chi connectivity index (χ1n) is 25.4. The topological polar surface area (TPSA) is 61.8 Å². The van der Waals surface area contributed by atoms with E-state index in [1.165, 1.54) is 89.9 Å². The van der Waals surface area contributed by atoms with Crippen LogP contribution in [0.2, 0.25) is 0 Å². The Kier molecular flexibility index (Phi) is 49.0. The van der Waals surface area contributed by atoms with E-state index in [1.807, 2.05) is 6.08 Å². The van der Waals surface area contributed by atoms with Crippen LogP contribution in [0.15, 0.2) is 109 Å². The fourth-order valence-electron chi connectivity index (χ4n) is 6.62. The molecule has 0 spiro atoms. The molecule has 0 aliphatic carbocycles. The van der Waals surface area contributed by atoms with Gasteiger partial charge in [0.1, 0.15) is 6.61 Å². The summed E-state index contributed by atoms with van der Waals surface area (Å²) in [7, 11) is 0. The summed E-state index contributed by atoms with van der Waals surface area (Å²) >= 11 is 0. The van der Waals surface area contributed by atoms with E-state index in [-0.39, 0.29) is 31.6 Å². The maximum atomic E-state index is 12.7. The lowest BCUT2D eigenvalue weighted by Crippen LogP contribution is -2.30. The molecule has 0 rings (SSSR count). The maximum absolute atomic E-state index is 12.7. The van der Waals surface area contributed by atoms with Gasteiger partial charge in [-0.3, -0.25) is 9.59 Å². The molecule has 0 saturated heterocycles. The van der Waals surface area contributed by atoms with Crippen LogP contribution in [-0.4, -0.2) is 37.9 Å². The van der Waals surface area contributed by atoms with Crippen LogP contribution < -0.4 is 0 Å². The molecular weight excluding hydrogens is 765 g/mol. The molecule has 0 aliphatic rings. The Bertz CT molecular complexity index is 1250. The second-order valence-corrected chi connectivity index (χ2v) is 16.3. The van der Waals surface area contributed by atoms with Crippen molar-refractivity contribution >= 4 is 11.9 Å². The fraction of sp³-hybridized carbons (Fsp3) is 0.649. The second-order valence-electron chi connectivity index (χ2n) is 16.3. The third kappa shape index (κ3) is 49.2. The van der Waals surface area contributed by atoms with Gasteiger partial charge in [0.25, 0.3) is 0 Å². The van der Waals surface area contributed by atoms with Gasteiger partial charge < -0.3 is 14.2 Å². The lowest BCUT2D eigenvalue weighted by Gasteiger charge is -2.18. The van der Waals surface area contributed by atoms with Crippen molar-refractivity contribution in [1.82, 2.24) is 0 Å². The van der Waals surface area contributed by atoms with Crippen LogP contribution >= 0.6 is 0 Å². The number of hydrogen-bond donors (Lipinski definition) is 0. The quantitative estimate of drug-likeness (QED) is 0.0347. The van der Waals surface area contributed by atoms with Crippen molar-refractivity contribution in [3.63, 3.8) is 0 Å². The molecule has 0 fully saturated rings. The molecule has 5 nitrogen and oxygen atoms in total. The van der Waals surface area contributed by atoms with Crippen LogP contribution in [-0.2, 0) is 23.8 Å². The zero-order valence-corrected chi connectivity index (χ0v) is 40.3. The summed E-state index contributed by atoms with van der Waals surface area (Å²) in [4.78, 5) is 25.3. The van der Waals surface area contributed by atoms with Gasteiger partial charge in [-0.25, -0.2) is 0 Å². The average Bonchev–Trinajstić information content (AvgIpc) is 3.27. The standard InChI is InChI=1S/C57H94O5/c1-4-7-10-13-16-19-22-25-27-29-30-33-35-38-41-44-47-50-56(58)61-54-55(62-57(59)51-48-45-42-39-36-32-24-21-18-15-12-9-6-3)53-60-52-49-46-43-40-37-34-31-28-26-23-20-17-14-11-8-5-2/h7,9-10,12,16,18-19,21,25,27,30,32-33,36,38,41-42,45,55H,4-6,8,11,13-15,17,20,22-24,26,28-29,31,34-35,37,39-40,43-44,46-54H2,1-3H3/b10-7-,12-9-,19-16-,21-18-,27-25-,33-30-,36-32-,41-38-,45-42-. The van der Waals surface area contributed by atoms with Gasteiger partial charge in [-0.1, -0.05) is 226 Å². The van der Waals surface area contributed by atoms with E-state index in [9.17, 15) is 9.59 Å². The minimum atomic E-state index is -0.601. The molecule has 352 valence electrons. The second kappa shape index (κ2) is 51.9. The van der Waals surface area contributed by atoms with E-state index < -0.39 is 6.10 Å². The third-order valence-electron chi connectivity index (χ3n) is 10.3. The first-order valence-corrected chi connectivity index (χ1v) is 25.4. The zero-order chi connectivity index (χ0) is 44.9. The summed E-state index contributed by atoms with van der Waals surface area (Å²) in [6.07, 6.45) is 71.2. The van der Waals surface area contributed by atoms with Crippen LogP contribution in [0.1, 0.15) is 213 Å². The highest BCUT2D eigenvalue weighted by atomic mass is 16.6. The number of hydrogen-bond acceptors (Lipinski definition) is 5. The fourth-order valence-corrected chi connectivity index (χ4v) is 6.62. The average molecular weight is 859 g/mol. The maximum Gasteiger partial charge on any atom is 0.306 e. The molecule has 0 aromatic rings. The Hall–Kier alpha value is -3.44. The summed E-state index contributed by atoms with van der Waals surface area (Å²) in [5, 5.41) is 0. The number of carbonyl (C=O) groups is 2. The molecule has 1 atom stereocenters. The lowest BCUT2D eigenvalue weighted by atomic mass is 10.0. The molecule has 0 heterocycles. The monoisotopic (exact) mass is 859 g/mol. The number of rotatable bonds is 45. The van der Waals surface area contributed by atoms with Crippen molar-refractivity contribution in [3.8, 4) is 0 Å². The van der Waals surface area contributed by atoms with Crippen LogP contribution in [0, 0.1) is 0 Å². The molecule has 1 unspecified atom stereocenters. The molecule has 5 heteroatoms. The van der Waals surface area contributed by atoms with Gasteiger partial charge in [-0.05, 0) is 83.5 Å². The van der Waals surface area contributed by atoms with Crippen LogP contribution in [0.3, 0.4) is 0 Å². The molecule has 0 aromatic heterocycles. The molecule has 0 bridgehead atoms. The Morgan fingerprint density at radius 2 is 0.742 bits per heavy atom. The molecule has 0 amide bonds. The highest BCUT2D eigenvalue weighted by molar-refractivity contribution is 5.70. The van der Waals surface area contributed by atoms with Crippen LogP contribution in [0.25, 0.3) is 0 Å². The highest BCUT2D eigenvalue weighted by Gasteiger charge is 2.17. The smallest absolute Gasteiger partial charge is 0.306 e. The molecule has 0 N–H and O–H groups in total. The van der Waals surface area contributed by atoms with Crippen molar-refractivity contribution in [3.05, 3.63) is 109 Å². The number of ether oxygens (including phenoxy) is 3. The first kappa shape index (κ1) is 58.6. The molecule has 62 heavy (non-hydrogen) atoms. The summed E-state index contributed by atoms with van der Waals surface area (Å²) in [6, 6.07) is 0.